The quantitative estimate of drug-likeness (QED) is 0.555. The Morgan fingerprint density at radius 3 is 2.43 bits per heavy atom. The molecule has 0 amide bonds. The minimum absolute atomic E-state index is 0.127. The number of benzene rings is 1. The van der Waals surface area contributed by atoms with E-state index in [2.05, 4.69) is 33.1 Å². The number of hydrogen-bond donors (Lipinski definition) is 0. The fourth-order valence-corrected chi connectivity index (χ4v) is 1.44. The second-order valence-corrected chi connectivity index (χ2v) is 3.50. The topological polar surface area (TPSA) is 12.4 Å². The van der Waals surface area contributed by atoms with Crippen LogP contribution in [-0.4, -0.2) is 5.16 Å². The first-order chi connectivity index (χ1) is 6.43. The number of halogens is 4. The summed E-state index contributed by atoms with van der Waals surface area (Å²) >= 11 is 7.25. The van der Waals surface area contributed by atoms with Crippen LogP contribution in [0.5, 0.6) is 0 Å². The molecular formula is C8H3BrF3NS. The molecule has 0 N–H and O–H groups in total. The van der Waals surface area contributed by atoms with Gasteiger partial charge in [-0.2, -0.15) is 18.2 Å². The number of rotatable bonds is 1. The highest BCUT2D eigenvalue weighted by atomic mass is 79.9. The third kappa shape index (κ3) is 2.90. The van der Waals surface area contributed by atoms with Gasteiger partial charge in [0.25, 0.3) is 0 Å². The summed E-state index contributed by atoms with van der Waals surface area (Å²) in [5, 5.41) is 2.01. The summed E-state index contributed by atoms with van der Waals surface area (Å²) in [7, 11) is 0. The van der Waals surface area contributed by atoms with E-state index in [0.29, 0.717) is 4.47 Å². The molecule has 0 heterocycles. The SMILES string of the molecule is FC(F)(F)c1cc(Br)cc(N=C=S)c1. The van der Waals surface area contributed by atoms with Crippen LogP contribution in [0.1, 0.15) is 5.56 Å². The van der Waals surface area contributed by atoms with E-state index in [0.717, 1.165) is 12.1 Å². The van der Waals surface area contributed by atoms with Crippen LogP contribution in [0.2, 0.25) is 0 Å². The van der Waals surface area contributed by atoms with E-state index < -0.39 is 11.7 Å². The monoisotopic (exact) mass is 281 g/mol. The van der Waals surface area contributed by atoms with Gasteiger partial charge in [-0.3, -0.25) is 0 Å². The molecule has 0 atom stereocenters. The minimum Gasteiger partial charge on any atom is -0.195 e. The van der Waals surface area contributed by atoms with Crippen molar-refractivity contribution >= 4 is 39.0 Å². The van der Waals surface area contributed by atoms with Crippen molar-refractivity contribution in [3.8, 4) is 0 Å². The summed E-state index contributed by atoms with van der Waals surface area (Å²) < 4.78 is 37.1. The molecule has 0 saturated heterocycles. The zero-order valence-electron chi connectivity index (χ0n) is 6.60. The Morgan fingerprint density at radius 2 is 1.93 bits per heavy atom. The molecule has 0 unspecified atom stereocenters. The molecule has 0 bridgehead atoms. The number of nitrogens with zero attached hydrogens (tertiary/aromatic N) is 1. The predicted octanol–water partition coefficient (Wildman–Crippen LogP) is 4.20. The maximum atomic E-state index is 12.3. The molecule has 1 nitrogen and oxygen atoms in total. The molecule has 0 radical (unpaired) electrons. The molecule has 1 aromatic carbocycles. The van der Waals surface area contributed by atoms with Gasteiger partial charge in [0.1, 0.15) is 0 Å². The molecule has 0 aliphatic rings. The molecule has 0 fully saturated rings. The van der Waals surface area contributed by atoms with Gasteiger partial charge in [0.05, 0.1) is 16.4 Å². The molecule has 0 spiro atoms. The minimum atomic E-state index is -4.38. The fourth-order valence-electron chi connectivity index (χ4n) is 0.855. The van der Waals surface area contributed by atoms with Crippen LogP contribution < -0.4 is 0 Å². The van der Waals surface area contributed by atoms with E-state index in [1.807, 2.05) is 5.16 Å². The van der Waals surface area contributed by atoms with Crippen LogP contribution in [0.4, 0.5) is 18.9 Å². The second-order valence-electron chi connectivity index (χ2n) is 2.40. The highest BCUT2D eigenvalue weighted by Gasteiger charge is 2.31. The molecule has 0 aromatic heterocycles. The molecule has 14 heavy (non-hydrogen) atoms. The van der Waals surface area contributed by atoms with Crippen molar-refractivity contribution in [1.82, 2.24) is 0 Å². The first-order valence-corrected chi connectivity index (χ1v) is 4.59. The Kier molecular flexibility index (Phi) is 3.42. The third-order valence-corrected chi connectivity index (χ3v) is 1.93. The maximum Gasteiger partial charge on any atom is 0.416 e. The summed E-state index contributed by atoms with van der Waals surface area (Å²) in [5.41, 5.74) is -0.641. The van der Waals surface area contributed by atoms with E-state index in [4.69, 9.17) is 0 Å². The number of thiocarbonyl (C=S) groups is 1. The highest BCUT2D eigenvalue weighted by molar-refractivity contribution is 9.10. The second kappa shape index (κ2) is 4.21. The van der Waals surface area contributed by atoms with Crippen molar-refractivity contribution in [2.24, 2.45) is 4.99 Å². The first-order valence-electron chi connectivity index (χ1n) is 3.39. The fraction of sp³-hybridized carbons (Fsp3) is 0.125. The Balaban J connectivity index is 3.27. The largest absolute Gasteiger partial charge is 0.416 e. The van der Waals surface area contributed by atoms with Gasteiger partial charge in [-0.25, -0.2) is 0 Å². The Bertz CT molecular complexity index is 396. The van der Waals surface area contributed by atoms with Gasteiger partial charge in [-0.15, -0.1) is 0 Å². The van der Waals surface area contributed by atoms with Gasteiger partial charge in [-0.05, 0) is 30.4 Å². The van der Waals surface area contributed by atoms with Crippen LogP contribution in [0.3, 0.4) is 0 Å². The molecule has 74 valence electrons. The molecular weight excluding hydrogens is 279 g/mol. The molecule has 6 heteroatoms. The zero-order valence-corrected chi connectivity index (χ0v) is 9.00. The standard InChI is InChI=1S/C8H3BrF3NS/c9-6-1-5(8(10,11)12)2-7(3-6)13-4-14/h1-3H. The van der Waals surface area contributed by atoms with Crippen molar-refractivity contribution in [2.45, 2.75) is 6.18 Å². The molecule has 1 rings (SSSR count). The van der Waals surface area contributed by atoms with E-state index in [1.54, 1.807) is 0 Å². The van der Waals surface area contributed by atoms with Crippen LogP contribution in [0.15, 0.2) is 27.7 Å². The summed E-state index contributed by atoms with van der Waals surface area (Å²) in [6.45, 7) is 0. The van der Waals surface area contributed by atoms with Crippen molar-refractivity contribution in [3.63, 3.8) is 0 Å². The highest BCUT2D eigenvalue weighted by Crippen LogP contribution is 2.33. The summed E-state index contributed by atoms with van der Waals surface area (Å²) in [5.74, 6) is 0. The van der Waals surface area contributed by atoms with E-state index in [9.17, 15) is 13.2 Å². The van der Waals surface area contributed by atoms with Crippen molar-refractivity contribution in [1.29, 1.82) is 0 Å². The van der Waals surface area contributed by atoms with Crippen molar-refractivity contribution in [3.05, 3.63) is 28.2 Å². The van der Waals surface area contributed by atoms with Gasteiger partial charge in [0.15, 0.2) is 0 Å². The number of alkyl halides is 3. The number of aliphatic imine (C=N–C) groups is 1. The van der Waals surface area contributed by atoms with Crippen LogP contribution >= 0.6 is 28.1 Å². The maximum absolute atomic E-state index is 12.3. The molecule has 0 aliphatic carbocycles. The van der Waals surface area contributed by atoms with Gasteiger partial charge < -0.3 is 0 Å². The Hall–Kier alpha value is -0.710. The van der Waals surface area contributed by atoms with E-state index >= 15 is 0 Å². The summed E-state index contributed by atoms with van der Waals surface area (Å²) in [6, 6.07) is 3.31. The van der Waals surface area contributed by atoms with Crippen LogP contribution in [-0.2, 0) is 6.18 Å². The average molecular weight is 282 g/mol. The van der Waals surface area contributed by atoms with Gasteiger partial charge in [0.2, 0.25) is 0 Å². The predicted molar refractivity (Wildman–Crippen MR) is 53.8 cm³/mol. The average Bonchev–Trinajstić information content (AvgIpc) is 2.02. The first kappa shape index (κ1) is 11.4. The number of hydrogen-bond acceptors (Lipinski definition) is 2. The van der Waals surface area contributed by atoms with E-state index in [1.165, 1.54) is 6.07 Å². The molecule has 1 aromatic rings. The number of isothiocyanates is 1. The van der Waals surface area contributed by atoms with Crippen molar-refractivity contribution < 1.29 is 13.2 Å². The zero-order chi connectivity index (χ0) is 10.8. The van der Waals surface area contributed by atoms with Crippen LogP contribution in [0, 0.1) is 0 Å². The van der Waals surface area contributed by atoms with Gasteiger partial charge in [-0.1, -0.05) is 15.9 Å². The Morgan fingerprint density at radius 1 is 1.29 bits per heavy atom. The normalized spacial score (nSPS) is 10.9. The van der Waals surface area contributed by atoms with Crippen LogP contribution in [0.25, 0.3) is 0 Å². The summed E-state index contributed by atoms with van der Waals surface area (Å²) in [4.78, 5) is 3.48. The molecule has 0 saturated carbocycles. The smallest absolute Gasteiger partial charge is 0.195 e. The van der Waals surface area contributed by atoms with Crippen molar-refractivity contribution in [2.75, 3.05) is 0 Å². The lowest BCUT2D eigenvalue weighted by Crippen LogP contribution is -2.04. The van der Waals surface area contributed by atoms with E-state index in [-0.39, 0.29) is 5.69 Å². The lowest BCUT2D eigenvalue weighted by molar-refractivity contribution is -0.137. The Labute approximate surface area is 91.8 Å². The third-order valence-electron chi connectivity index (χ3n) is 1.38. The summed E-state index contributed by atoms with van der Waals surface area (Å²) in [6.07, 6.45) is -4.38. The lowest BCUT2D eigenvalue weighted by Gasteiger charge is -2.07. The lowest BCUT2D eigenvalue weighted by atomic mass is 10.2. The van der Waals surface area contributed by atoms with Gasteiger partial charge in [0, 0.05) is 4.47 Å². The van der Waals surface area contributed by atoms with Gasteiger partial charge >= 0.3 is 6.18 Å². The molecule has 0 aliphatic heterocycles.